The Kier molecular flexibility index (Phi) is 69.1. The molecule has 0 heterocycles. The van der Waals surface area contributed by atoms with Gasteiger partial charge in [0, 0.05) is 19.8 Å². The first-order valence-corrected chi connectivity index (χ1v) is 41.4. The van der Waals surface area contributed by atoms with Gasteiger partial charge >= 0.3 is 0 Å². The molecule has 0 fully saturated rings. The molecule has 0 N–H and O–H groups in total. The van der Waals surface area contributed by atoms with E-state index in [1.165, 1.54) is 411 Å². The van der Waals surface area contributed by atoms with Gasteiger partial charge in [0.1, 0.15) is 5.60 Å². The Labute approximate surface area is 546 Å². The van der Waals surface area contributed by atoms with Crippen molar-refractivity contribution < 1.29 is 14.2 Å². The lowest BCUT2D eigenvalue weighted by molar-refractivity contribution is -0.308. The third kappa shape index (κ3) is 48.6. The van der Waals surface area contributed by atoms with Crippen LogP contribution in [0.5, 0.6) is 0 Å². The molecule has 3 heteroatoms. The standard InChI is InChI=1S/C83H168O3/c1-9-17-25-33-41-49-57-65-73-81(74-66-58-50-42-34-26-18-10-2,84-78-70-62-54-46-38-30-22-14-6)83(77-69-61-53-45-37-29-21-13-5,86-80-72-64-56-48-40-32-24-16-8)82(75-67-59-51-43-35-27-19-11-3,76-68-60-52-44-36-28-20-12-4)85-79-71-63-55-47-39-31-23-15-7/h9-80H2,1-8H3. The van der Waals surface area contributed by atoms with Crippen molar-refractivity contribution in [1.82, 2.24) is 0 Å². The molecule has 86 heavy (non-hydrogen) atoms. The van der Waals surface area contributed by atoms with Crippen LogP contribution < -0.4 is 0 Å². The van der Waals surface area contributed by atoms with Crippen molar-refractivity contribution in [3.63, 3.8) is 0 Å². The van der Waals surface area contributed by atoms with E-state index >= 15 is 0 Å². The van der Waals surface area contributed by atoms with E-state index in [0.717, 1.165) is 51.9 Å². The topological polar surface area (TPSA) is 27.7 Å². The molecule has 0 unspecified atom stereocenters. The SMILES string of the molecule is CCCCCCCCCCOC(CCCCCCCCCC)(CCCCCCCCCC)C(CCCCCCCCCC)(OCCCCCCCCCC)C(CCCCCCCCCC)(CCCCCCCCCC)OCCCCCCCCCC. The van der Waals surface area contributed by atoms with Gasteiger partial charge < -0.3 is 14.2 Å². The first-order valence-electron chi connectivity index (χ1n) is 41.4. The summed E-state index contributed by atoms with van der Waals surface area (Å²) in [6.07, 6.45) is 92.5. The third-order valence-electron chi connectivity index (χ3n) is 20.7. The van der Waals surface area contributed by atoms with Crippen LogP contribution in [0.4, 0.5) is 0 Å². The molecular weight excluding hydrogens is 1040 g/mol. The van der Waals surface area contributed by atoms with Crippen LogP contribution in [0.3, 0.4) is 0 Å². The molecule has 0 amide bonds. The maximum Gasteiger partial charge on any atom is 0.126 e. The van der Waals surface area contributed by atoms with E-state index in [4.69, 9.17) is 14.2 Å². The molecule has 0 spiro atoms. The van der Waals surface area contributed by atoms with Crippen molar-refractivity contribution in [1.29, 1.82) is 0 Å². The Hall–Kier alpha value is -0.120. The first-order chi connectivity index (χ1) is 42.5. The fourth-order valence-corrected chi connectivity index (χ4v) is 15.0. The van der Waals surface area contributed by atoms with Crippen LogP contribution in [0.15, 0.2) is 0 Å². The number of hydrogen-bond acceptors (Lipinski definition) is 3. The Balaban J connectivity index is 8.45. The molecule has 0 saturated heterocycles. The van der Waals surface area contributed by atoms with Gasteiger partial charge in [-0.1, -0.05) is 447 Å². The summed E-state index contributed by atoms with van der Waals surface area (Å²) in [7, 11) is 0. The smallest absolute Gasteiger partial charge is 0.126 e. The predicted molar refractivity (Wildman–Crippen MR) is 390 cm³/mol. The summed E-state index contributed by atoms with van der Waals surface area (Å²) in [5.41, 5.74) is -1.20. The van der Waals surface area contributed by atoms with Crippen molar-refractivity contribution in [3.8, 4) is 0 Å². The highest BCUT2D eigenvalue weighted by Gasteiger charge is 2.64. The van der Waals surface area contributed by atoms with Gasteiger partial charge in [-0.3, -0.25) is 0 Å². The molecule has 0 aliphatic carbocycles. The molecule has 0 atom stereocenters. The lowest BCUT2D eigenvalue weighted by Gasteiger charge is -2.60. The van der Waals surface area contributed by atoms with Gasteiger partial charge in [-0.15, -0.1) is 0 Å². The van der Waals surface area contributed by atoms with E-state index in [1.807, 2.05) is 0 Å². The number of hydrogen-bond donors (Lipinski definition) is 0. The number of rotatable bonds is 77. The predicted octanol–water partition coefficient (Wildman–Crippen LogP) is 30.3. The lowest BCUT2D eigenvalue weighted by atomic mass is 9.60. The number of ether oxygens (including phenoxy) is 3. The van der Waals surface area contributed by atoms with Crippen LogP contribution in [-0.4, -0.2) is 36.6 Å². The molecule has 0 rings (SSSR count). The Morgan fingerprint density at radius 3 is 0.465 bits per heavy atom. The fourth-order valence-electron chi connectivity index (χ4n) is 15.0. The van der Waals surface area contributed by atoms with Gasteiger partial charge in [-0.2, -0.15) is 0 Å². The van der Waals surface area contributed by atoms with Crippen LogP contribution >= 0.6 is 0 Å². The molecular formula is C83H168O3. The van der Waals surface area contributed by atoms with E-state index in [0.29, 0.717) is 0 Å². The van der Waals surface area contributed by atoms with Crippen LogP contribution in [0, 0.1) is 0 Å². The highest BCUT2D eigenvalue weighted by atomic mass is 16.6. The summed E-state index contributed by atoms with van der Waals surface area (Å²) in [6, 6.07) is 0. The molecule has 0 aromatic heterocycles. The summed E-state index contributed by atoms with van der Waals surface area (Å²) in [6.45, 7) is 21.6. The minimum atomic E-state index is -0.478. The molecule has 0 aliphatic heterocycles. The van der Waals surface area contributed by atoms with E-state index in [9.17, 15) is 0 Å². The zero-order valence-corrected chi connectivity index (χ0v) is 61.6. The number of unbranched alkanes of at least 4 members (excludes halogenated alkanes) is 56. The third-order valence-corrected chi connectivity index (χ3v) is 20.7. The molecule has 0 aromatic rings. The van der Waals surface area contributed by atoms with Gasteiger partial charge in [0.05, 0.1) is 11.2 Å². The van der Waals surface area contributed by atoms with Crippen LogP contribution in [0.25, 0.3) is 0 Å². The molecule has 0 saturated carbocycles. The van der Waals surface area contributed by atoms with Crippen LogP contribution in [0.1, 0.15) is 498 Å². The van der Waals surface area contributed by atoms with Gasteiger partial charge in [0.25, 0.3) is 0 Å². The fraction of sp³-hybridized carbons (Fsp3) is 1.00. The second kappa shape index (κ2) is 69.2. The molecule has 3 nitrogen and oxygen atoms in total. The Morgan fingerprint density at radius 1 is 0.140 bits per heavy atom. The van der Waals surface area contributed by atoms with Crippen LogP contribution in [-0.2, 0) is 14.2 Å². The van der Waals surface area contributed by atoms with Gasteiger partial charge in [-0.05, 0) is 51.4 Å². The lowest BCUT2D eigenvalue weighted by Crippen LogP contribution is -2.71. The second-order valence-electron chi connectivity index (χ2n) is 28.9. The summed E-state index contributed by atoms with van der Waals surface area (Å²) >= 11 is 0. The quantitative estimate of drug-likeness (QED) is 0.0568. The van der Waals surface area contributed by atoms with Gasteiger partial charge in [0.15, 0.2) is 0 Å². The van der Waals surface area contributed by atoms with E-state index in [-0.39, 0.29) is 11.2 Å². The summed E-state index contributed by atoms with van der Waals surface area (Å²) in [5.74, 6) is 0. The molecule has 0 bridgehead atoms. The average Bonchev–Trinajstić information content (AvgIpc) is 0.873. The largest absolute Gasteiger partial charge is 0.372 e. The van der Waals surface area contributed by atoms with E-state index in [1.54, 1.807) is 0 Å². The molecule has 0 aliphatic rings. The maximum absolute atomic E-state index is 8.57. The van der Waals surface area contributed by atoms with Crippen molar-refractivity contribution in [2.75, 3.05) is 19.8 Å². The van der Waals surface area contributed by atoms with Crippen LogP contribution in [0.2, 0.25) is 0 Å². The maximum atomic E-state index is 8.57. The monoisotopic (exact) mass is 1210 g/mol. The summed E-state index contributed by atoms with van der Waals surface area (Å²) < 4.78 is 25.3. The van der Waals surface area contributed by atoms with Crippen molar-refractivity contribution in [2.24, 2.45) is 0 Å². The van der Waals surface area contributed by atoms with Crippen molar-refractivity contribution >= 4 is 0 Å². The second-order valence-corrected chi connectivity index (χ2v) is 28.9. The van der Waals surface area contributed by atoms with Crippen molar-refractivity contribution in [2.45, 2.75) is 515 Å². The molecule has 0 radical (unpaired) electrons. The van der Waals surface area contributed by atoms with Crippen molar-refractivity contribution in [3.05, 3.63) is 0 Å². The highest BCUT2D eigenvalue weighted by molar-refractivity contribution is 5.15. The molecule has 518 valence electrons. The highest BCUT2D eigenvalue weighted by Crippen LogP contribution is 2.55. The Morgan fingerprint density at radius 2 is 0.279 bits per heavy atom. The minimum Gasteiger partial charge on any atom is -0.372 e. The van der Waals surface area contributed by atoms with Gasteiger partial charge in [0.2, 0.25) is 0 Å². The van der Waals surface area contributed by atoms with E-state index in [2.05, 4.69) is 55.4 Å². The zero-order valence-electron chi connectivity index (χ0n) is 61.6. The normalized spacial score (nSPS) is 12.4. The molecule has 0 aromatic carbocycles. The van der Waals surface area contributed by atoms with E-state index < -0.39 is 5.60 Å². The minimum absolute atomic E-state index is 0.362. The zero-order chi connectivity index (χ0) is 62.5. The summed E-state index contributed by atoms with van der Waals surface area (Å²) in [5, 5.41) is 0. The average molecular weight is 1210 g/mol. The summed E-state index contributed by atoms with van der Waals surface area (Å²) in [4.78, 5) is 0. The Bertz CT molecular complexity index is 1120. The van der Waals surface area contributed by atoms with Gasteiger partial charge in [-0.25, -0.2) is 0 Å². The first kappa shape index (κ1) is 85.9.